The van der Waals surface area contributed by atoms with E-state index in [0.29, 0.717) is 44.2 Å². The van der Waals surface area contributed by atoms with Crippen molar-refractivity contribution in [3.63, 3.8) is 0 Å². The number of aryl methyl sites for hydroxylation is 1. The van der Waals surface area contributed by atoms with Crippen molar-refractivity contribution in [3.8, 4) is 11.5 Å². The van der Waals surface area contributed by atoms with Crippen molar-refractivity contribution < 1.29 is 9.47 Å². The van der Waals surface area contributed by atoms with E-state index in [-0.39, 0.29) is 18.1 Å². The lowest BCUT2D eigenvalue weighted by Crippen LogP contribution is -2.12. The highest BCUT2D eigenvalue weighted by atomic mass is 35.5. The lowest BCUT2D eigenvalue weighted by atomic mass is 10.2. The molecule has 10 heteroatoms. The van der Waals surface area contributed by atoms with Gasteiger partial charge >= 0.3 is 0 Å². The Kier molecular flexibility index (Phi) is 8.39. The molecule has 3 rings (SSSR count). The quantitative estimate of drug-likeness (QED) is 0.225. The number of rotatable bonds is 9. The second-order valence-corrected chi connectivity index (χ2v) is 7.92. The molecule has 0 aliphatic rings. The number of aromatic nitrogens is 2. The summed E-state index contributed by atoms with van der Waals surface area (Å²) in [5.41, 5.74) is 4.54. The van der Waals surface area contributed by atoms with Crippen LogP contribution in [0.3, 0.4) is 0 Å². The van der Waals surface area contributed by atoms with Gasteiger partial charge in [0.05, 0.1) is 23.4 Å². The fourth-order valence-corrected chi connectivity index (χ4v) is 3.50. The second kappa shape index (κ2) is 11.2. The van der Waals surface area contributed by atoms with Crippen LogP contribution in [-0.2, 0) is 13.0 Å². The van der Waals surface area contributed by atoms with Crippen LogP contribution in [0, 0.1) is 0 Å². The predicted octanol–water partition coefficient (Wildman–Crippen LogP) is 5.72. The summed E-state index contributed by atoms with van der Waals surface area (Å²) in [5, 5.41) is 5.34. The van der Waals surface area contributed by atoms with Gasteiger partial charge in [-0.3, -0.25) is 9.78 Å². The molecule has 0 atom stereocenters. The number of nitrogens with one attached hydrogen (secondary N) is 2. The molecule has 2 N–H and O–H groups in total. The van der Waals surface area contributed by atoms with Crippen molar-refractivity contribution in [2.45, 2.75) is 26.4 Å². The number of hydrogen-bond acceptors (Lipinski definition) is 6. The Bertz CT molecular complexity index is 1180. The topological polar surface area (TPSA) is 88.6 Å². The van der Waals surface area contributed by atoms with Gasteiger partial charge in [0.25, 0.3) is 5.56 Å². The molecule has 0 fully saturated rings. The zero-order valence-corrected chi connectivity index (χ0v) is 19.7. The van der Waals surface area contributed by atoms with Gasteiger partial charge in [-0.25, -0.2) is 10.4 Å². The molecule has 0 amide bonds. The van der Waals surface area contributed by atoms with E-state index >= 15 is 0 Å². The first-order chi connectivity index (χ1) is 15.4. The number of aromatic amines is 1. The molecular weight excluding hydrogens is 475 g/mol. The van der Waals surface area contributed by atoms with Gasteiger partial charge in [-0.2, -0.15) is 5.10 Å². The van der Waals surface area contributed by atoms with Crippen LogP contribution < -0.4 is 20.5 Å². The Morgan fingerprint density at radius 1 is 1.12 bits per heavy atom. The standard InChI is InChI=1S/C22H21Cl3N4O3/c1-3-4-14-10-20(30)28-22(27-14)29-26-11-13-5-8-18(19(9-13)31-2)32-12-15-16(23)6-7-17(24)21(15)25/h5-11H,3-4,12H2,1-2H3,(H2,27,28,29,30). The number of hydrogen-bond donors (Lipinski definition) is 2. The summed E-state index contributed by atoms with van der Waals surface area (Å²) in [4.78, 5) is 18.6. The number of benzene rings is 2. The van der Waals surface area contributed by atoms with Crippen molar-refractivity contribution in [2.75, 3.05) is 12.5 Å². The van der Waals surface area contributed by atoms with E-state index in [1.54, 1.807) is 36.5 Å². The molecule has 7 nitrogen and oxygen atoms in total. The van der Waals surface area contributed by atoms with Gasteiger partial charge in [0, 0.05) is 22.3 Å². The number of hydrazone groups is 1. The van der Waals surface area contributed by atoms with Crippen LogP contribution in [0.2, 0.25) is 15.1 Å². The smallest absolute Gasteiger partial charge is 0.252 e. The van der Waals surface area contributed by atoms with Gasteiger partial charge in [-0.05, 0) is 42.3 Å². The minimum Gasteiger partial charge on any atom is -0.493 e. The minimum atomic E-state index is -0.232. The maximum Gasteiger partial charge on any atom is 0.252 e. The fraction of sp³-hybridized carbons (Fsp3) is 0.227. The van der Waals surface area contributed by atoms with Crippen molar-refractivity contribution in [2.24, 2.45) is 5.10 Å². The van der Waals surface area contributed by atoms with Crippen molar-refractivity contribution >= 4 is 47.0 Å². The maximum absolute atomic E-state index is 11.7. The number of anilines is 1. The van der Waals surface area contributed by atoms with Crippen LogP contribution in [0.1, 0.15) is 30.2 Å². The van der Waals surface area contributed by atoms with Gasteiger partial charge in [-0.15, -0.1) is 0 Å². The van der Waals surface area contributed by atoms with Gasteiger partial charge in [0.2, 0.25) is 5.95 Å². The third-order valence-corrected chi connectivity index (χ3v) is 5.58. The molecule has 0 aliphatic carbocycles. The highest BCUT2D eigenvalue weighted by molar-refractivity contribution is 6.44. The van der Waals surface area contributed by atoms with Crippen LogP contribution in [-0.4, -0.2) is 23.3 Å². The van der Waals surface area contributed by atoms with Gasteiger partial charge < -0.3 is 9.47 Å². The summed E-state index contributed by atoms with van der Waals surface area (Å²) in [6, 6.07) is 10.1. The first-order valence-electron chi connectivity index (χ1n) is 9.73. The molecular formula is C22H21Cl3N4O3. The third kappa shape index (κ3) is 6.16. The van der Waals surface area contributed by atoms with E-state index < -0.39 is 0 Å². The van der Waals surface area contributed by atoms with Gasteiger partial charge in [0.1, 0.15) is 6.61 Å². The van der Waals surface area contributed by atoms with Gasteiger partial charge in [-0.1, -0.05) is 48.1 Å². The second-order valence-electron chi connectivity index (χ2n) is 6.73. The van der Waals surface area contributed by atoms with Crippen LogP contribution in [0.25, 0.3) is 0 Å². The number of halogens is 3. The monoisotopic (exact) mass is 494 g/mol. The molecule has 0 aliphatic heterocycles. The fourth-order valence-electron chi connectivity index (χ4n) is 2.85. The summed E-state index contributed by atoms with van der Waals surface area (Å²) >= 11 is 18.5. The molecule has 3 aromatic rings. The van der Waals surface area contributed by atoms with Crippen LogP contribution in [0.5, 0.6) is 11.5 Å². The number of methoxy groups -OCH3 is 1. The molecule has 32 heavy (non-hydrogen) atoms. The van der Waals surface area contributed by atoms with Crippen molar-refractivity contribution in [1.82, 2.24) is 9.97 Å². The molecule has 0 saturated heterocycles. The van der Waals surface area contributed by atoms with Crippen LogP contribution in [0.15, 0.2) is 46.3 Å². The van der Waals surface area contributed by atoms with E-state index in [4.69, 9.17) is 44.3 Å². The predicted molar refractivity (Wildman–Crippen MR) is 129 cm³/mol. The highest BCUT2D eigenvalue weighted by Crippen LogP contribution is 2.34. The Morgan fingerprint density at radius 3 is 2.66 bits per heavy atom. The molecule has 0 spiro atoms. The number of H-pyrrole nitrogens is 1. The molecule has 1 heterocycles. The molecule has 0 radical (unpaired) electrons. The van der Waals surface area contributed by atoms with E-state index in [1.807, 2.05) is 6.92 Å². The van der Waals surface area contributed by atoms with E-state index in [1.165, 1.54) is 13.2 Å². The molecule has 0 unspecified atom stereocenters. The Labute approximate surface area is 200 Å². The van der Waals surface area contributed by atoms with Crippen LogP contribution >= 0.6 is 34.8 Å². The van der Waals surface area contributed by atoms with Crippen LogP contribution in [0.4, 0.5) is 5.95 Å². The molecule has 168 valence electrons. The zero-order valence-electron chi connectivity index (χ0n) is 17.4. The number of ether oxygens (including phenoxy) is 2. The SMILES string of the molecule is CCCc1cc(=O)[nH]c(NN=Cc2ccc(OCc3c(Cl)ccc(Cl)c3Cl)c(OC)c2)n1. The van der Waals surface area contributed by atoms with E-state index in [2.05, 4.69) is 20.5 Å². The zero-order chi connectivity index (χ0) is 23.1. The number of nitrogens with zero attached hydrogens (tertiary/aromatic N) is 2. The maximum atomic E-state index is 11.7. The normalized spacial score (nSPS) is 11.0. The van der Waals surface area contributed by atoms with E-state index in [0.717, 1.165) is 12.0 Å². The van der Waals surface area contributed by atoms with E-state index in [9.17, 15) is 4.79 Å². The van der Waals surface area contributed by atoms with Gasteiger partial charge in [0.15, 0.2) is 11.5 Å². The summed E-state index contributed by atoms with van der Waals surface area (Å²) in [7, 11) is 1.54. The largest absolute Gasteiger partial charge is 0.493 e. The first-order valence-corrected chi connectivity index (χ1v) is 10.9. The Balaban J connectivity index is 1.70. The third-order valence-electron chi connectivity index (χ3n) is 4.38. The van der Waals surface area contributed by atoms with Crippen molar-refractivity contribution in [3.05, 3.63) is 78.6 Å². The molecule has 2 aromatic carbocycles. The Morgan fingerprint density at radius 2 is 1.91 bits per heavy atom. The summed E-state index contributed by atoms with van der Waals surface area (Å²) in [5.74, 6) is 1.28. The lowest BCUT2D eigenvalue weighted by molar-refractivity contribution is 0.284. The molecule has 1 aromatic heterocycles. The summed E-state index contributed by atoms with van der Waals surface area (Å²) < 4.78 is 11.3. The summed E-state index contributed by atoms with van der Waals surface area (Å²) in [6.45, 7) is 2.14. The minimum absolute atomic E-state index is 0.122. The molecule has 0 bridgehead atoms. The highest BCUT2D eigenvalue weighted by Gasteiger charge is 2.12. The first kappa shape index (κ1) is 23.9. The van der Waals surface area contributed by atoms with Crippen molar-refractivity contribution in [1.29, 1.82) is 0 Å². The molecule has 0 saturated carbocycles. The summed E-state index contributed by atoms with van der Waals surface area (Å²) in [6.07, 6.45) is 3.18. The average molecular weight is 496 g/mol. The average Bonchev–Trinajstić information content (AvgIpc) is 2.77. The lowest BCUT2D eigenvalue weighted by Gasteiger charge is -2.13. The Hall–Kier alpha value is -2.74.